The fraction of sp³-hybridized carbons (Fsp3) is 0.350. The minimum absolute atomic E-state index is 0.0560. The summed E-state index contributed by atoms with van der Waals surface area (Å²) >= 11 is 3.43. The summed E-state index contributed by atoms with van der Waals surface area (Å²) in [5.74, 6) is -0.108. The Labute approximate surface area is 168 Å². The first-order chi connectivity index (χ1) is 13.0. The standard InChI is InChI=1S/C20H22BrNO4S/c21-19-10-9-18(27(24,25)22-11-5-2-6-12-22)13-17(19)14-26-15-20(23)16-7-3-1-4-8-16/h1,3-4,7-10,13H,2,5-6,11-12,14-15H2. The van der Waals surface area contributed by atoms with Gasteiger partial charge in [0.25, 0.3) is 0 Å². The van der Waals surface area contributed by atoms with Gasteiger partial charge in [0, 0.05) is 23.1 Å². The van der Waals surface area contributed by atoms with Gasteiger partial charge in [-0.05, 0) is 36.6 Å². The molecule has 7 heteroatoms. The van der Waals surface area contributed by atoms with E-state index in [9.17, 15) is 13.2 Å². The molecule has 0 amide bonds. The average Bonchev–Trinajstić information content (AvgIpc) is 2.70. The van der Waals surface area contributed by atoms with Crippen LogP contribution in [0, 0.1) is 0 Å². The van der Waals surface area contributed by atoms with Crippen molar-refractivity contribution in [2.24, 2.45) is 0 Å². The van der Waals surface area contributed by atoms with E-state index in [1.54, 1.807) is 46.8 Å². The molecule has 1 aliphatic heterocycles. The molecule has 0 saturated carbocycles. The van der Waals surface area contributed by atoms with Crippen LogP contribution in [0.1, 0.15) is 35.2 Å². The lowest BCUT2D eigenvalue weighted by Gasteiger charge is -2.26. The highest BCUT2D eigenvalue weighted by atomic mass is 79.9. The maximum Gasteiger partial charge on any atom is 0.243 e. The summed E-state index contributed by atoms with van der Waals surface area (Å²) in [7, 11) is -3.50. The zero-order valence-electron chi connectivity index (χ0n) is 14.9. The SMILES string of the molecule is O=C(COCc1cc(S(=O)(=O)N2CCCCC2)ccc1Br)c1ccccc1. The lowest BCUT2D eigenvalue weighted by Crippen LogP contribution is -2.35. The van der Waals surface area contributed by atoms with E-state index in [0.29, 0.717) is 24.2 Å². The molecule has 27 heavy (non-hydrogen) atoms. The number of hydrogen-bond donors (Lipinski definition) is 0. The molecule has 0 aromatic heterocycles. The van der Waals surface area contributed by atoms with Crippen LogP contribution in [0.2, 0.25) is 0 Å². The Morgan fingerprint density at radius 2 is 1.74 bits per heavy atom. The van der Waals surface area contributed by atoms with E-state index in [0.717, 1.165) is 23.7 Å². The van der Waals surface area contributed by atoms with Crippen molar-refractivity contribution in [1.29, 1.82) is 0 Å². The van der Waals surface area contributed by atoms with E-state index >= 15 is 0 Å². The van der Waals surface area contributed by atoms with Crippen LogP contribution in [0.15, 0.2) is 57.9 Å². The monoisotopic (exact) mass is 451 g/mol. The van der Waals surface area contributed by atoms with E-state index in [1.807, 2.05) is 6.07 Å². The molecule has 3 rings (SSSR count). The molecule has 0 radical (unpaired) electrons. The Kier molecular flexibility index (Phi) is 6.81. The van der Waals surface area contributed by atoms with Gasteiger partial charge in [0.1, 0.15) is 6.61 Å². The third-order valence-electron chi connectivity index (χ3n) is 4.56. The predicted octanol–water partition coefficient (Wildman–Crippen LogP) is 4.02. The number of ether oxygens (including phenoxy) is 1. The molecule has 0 bridgehead atoms. The average molecular weight is 452 g/mol. The van der Waals surface area contributed by atoms with Crippen molar-refractivity contribution in [3.63, 3.8) is 0 Å². The molecule has 0 unspecified atom stereocenters. The van der Waals surface area contributed by atoms with Crippen LogP contribution in [0.3, 0.4) is 0 Å². The lowest BCUT2D eigenvalue weighted by molar-refractivity contribution is 0.0725. The Morgan fingerprint density at radius 3 is 2.44 bits per heavy atom. The summed E-state index contributed by atoms with van der Waals surface area (Å²) in [4.78, 5) is 12.4. The maximum atomic E-state index is 12.8. The zero-order chi connectivity index (χ0) is 19.3. The molecule has 1 saturated heterocycles. The predicted molar refractivity (Wildman–Crippen MR) is 107 cm³/mol. The van der Waals surface area contributed by atoms with E-state index in [2.05, 4.69) is 15.9 Å². The van der Waals surface area contributed by atoms with Crippen LogP contribution in [-0.2, 0) is 21.4 Å². The van der Waals surface area contributed by atoms with Crippen molar-refractivity contribution in [3.8, 4) is 0 Å². The fourth-order valence-electron chi connectivity index (χ4n) is 3.04. The molecule has 0 atom stereocenters. The van der Waals surface area contributed by atoms with E-state index < -0.39 is 10.0 Å². The molecular formula is C20H22BrNO4S. The van der Waals surface area contributed by atoms with E-state index in [1.165, 1.54) is 0 Å². The molecule has 0 N–H and O–H groups in total. The third kappa shape index (κ3) is 5.04. The second kappa shape index (κ2) is 9.10. The number of Topliss-reactive ketones (excluding diaryl/α,β-unsaturated/α-hetero) is 1. The summed E-state index contributed by atoms with van der Waals surface area (Å²) in [6, 6.07) is 13.9. The minimum Gasteiger partial charge on any atom is -0.369 e. The van der Waals surface area contributed by atoms with Gasteiger partial charge >= 0.3 is 0 Å². The van der Waals surface area contributed by atoms with Gasteiger partial charge in [0.15, 0.2) is 5.78 Å². The molecule has 2 aromatic rings. The molecule has 1 fully saturated rings. The van der Waals surface area contributed by atoms with Crippen molar-refractivity contribution in [1.82, 2.24) is 4.31 Å². The fourth-order valence-corrected chi connectivity index (χ4v) is 4.97. The number of carbonyl (C=O) groups is 1. The van der Waals surface area contributed by atoms with E-state index in [4.69, 9.17) is 4.74 Å². The molecule has 1 heterocycles. The lowest BCUT2D eigenvalue weighted by atomic mass is 10.1. The van der Waals surface area contributed by atoms with Gasteiger partial charge in [-0.1, -0.05) is 52.7 Å². The molecule has 1 aliphatic rings. The molecule has 0 aliphatic carbocycles. The topological polar surface area (TPSA) is 63.7 Å². The van der Waals surface area contributed by atoms with Gasteiger partial charge in [-0.3, -0.25) is 4.79 Å². The van der Waals surface area contributed by atoms with Crippen LogP contribution >= 0.6 is 15.9 Å². The van der Waals surface area contributed by atoms with Crippen molar-refractivity contribution < 1.29 is 17.9 Å². The van der Waals surface area contributed by atoms with Crippen molar-refractivity contribution in [2.75, 3.05) is 19.7 Å². The Morgan fingerprint density at radius 1 is 1.04 bits per heavy atom. The molecule has 144 valence electrons. The van der Waals surface area contributed by atoms with Gasteiger partial charge in [-0.15, -0.1) is 0 Å². The highest BCUT2D eigenvalue weighted by Crippen LogP contribution is 2.25. The summed E-state index contributed by atoms with van der Waals surface area (Å²) in [6.07, 6.45) is 2.86. The normalized spacial score (nSPS) is 15.6. The minimum atomic E-state index is -3.50. The third-order valence-corrected chi connectivity index (χ3v) is 7.22. The number of halogens is 1. The number of hydrogen-bond acceptors (Lipinski definition) is 4. The summed E-state index contributed by atoms with van der Waals surface area (Å²) in [5, 5.41) is 0. The van der Waals surface area contributed by atoms with Crippen LogP contribution in [0.5, 0.6) is 0 Å². The largest absolute Gasteiger partial charge is 0.369 e. The highest BCUT2D eigenvalue weighted by molar-refractivity contribution is 9.10. The number of ketones is 1. The molecule has 0 spiro atoms. The second-order valence-corrected chi connectivity index (χ2v) is 9.29. The number of sulfonamides is 1. The van der Waals surface area contributed by atoms with Gasteiger partial charge in [0.2, 0.25) is 10.0 Å². The number of carbonyl (C=O) groups excluding carboxylic acids is 1. The molecular weight excluding hydrogens is 430 g/mol. The summed E-state index contributed by atoms with van der Waals surface area (Å²) in [5.41, 5.74) is 1.30. The number of benzene rings is 2. The first kappa shape index (κ1) is 20.2. The number of nitrogens with zero attached hydrogens (tertiary/aromatic N) is 1. The van der Waals surface area contributed by atoms with E-state index in [-0.39, 0.29) is 23.9 Å². The number of rotatable bonds is 7. The molecule has 5 nitrogen and oxygen atoms in total. The first-order valence-electron chi connectivity index (χ1n) is 8.93. The first-order valence-corrected chi connectivity index (χ1v) is 11.2. The highest BCUT2D eigenvalue weighted by Gasteiger charge is 2.26. The van der Waals surface area contributed by atoms with Crippen molar-refractivity contribution in [2.45, 2.75) is 30.8 Å². The van der Waals surface area contributed by atoms with Crippen LogP contribution < -0.4 is 0 Å². The Bertz CT molecular complexity index is 893. The Balaban J connectivity index is 1.67. The van der Waals surface area contributed by atoms with Crippen LogP contribution in [0.4, 0.5) is 0 Å². The maximum absolute atomic E-state index is 12.8. The zero-order valence-corrected chi connectivity index (χ0v) is 17.3. The smallest absolute Gasteiger partial charge is 0.243 e. The van der Waals surface area contributed by atoms with Crippen molar-refractivity contribution in [3.05, 3.63) is 64.1 Å². The second-order valence-electron chi connectivity index (χ2n) is 6.50. The van der Waals surface area contributed by atoms with Crippen LogP contribution in [-0.4, -0.2) is 38.2 Å². The summed E-state index contributed by atoms with van der Waals surface area (Å²) in [6.45, 7) is 1.23. The molecule has 2 aromatic carbocycles. The van der Waals surface area contributed by atoms with Gasteiger partial charge in [-0.25, -0.2) is 8.42 Å². The Hall–Kier alpha value is -1.54. The van der Waals surface area contributed by atoms with Crippen LogP contribution in [0.25, 0.3) is 0 Å². The van der Waals surface area contributed by atoms with Gasteiger partial charge in [-0.2, -0.15) is 4.31 Å². The summed E-state index contributed by atoms with van der Waals surface area (Å²) < 4.78 is 33.5. The van der Waals surface area contributed by atoms with Gasteiger partial charge in [0.05, 0.1) is 11.5 Å². The van der Waals surface area contributed by atoms with Gasteiger partial charge < -0.3 is 4.74 Å². The van der Waals surface area contributed by atoms with Crippen molar-refractivity contribution >= 4 is 31.7 Å². The quantitative estimate of drug-likeness (QED) is 0.596. The number of piperidine rings is 1.